The molecule has 0 saturated heterocycles. The van der Waals surface area contributed by atoms with Crippen molar-refractivity contribution in [1.82, 2.24) is 0 Å². The third-order valence-corrected chi connectivity index (χ3v) is 3.64. The normalized spacial score (nSPS) is 15.6. The number of aliphatic hydroxyl groups is 2. The van der Waals surface area contributed by atoms with Gasteiger partial charge < -0.3 is 14.6 Å². The molecule has 0 aromatic rings. The summed E-state index contributed by atoms with van der Waals surface area (Å²) < 4.78 is 5.61. The molecule has 4 heteroatoms. The van der Waals surface area contributed by atoms with Gasteiger partial charge in [0.25, 0.3) is 0 Å². The standard InChI is InChI=1S/C10H24O3Si/c1-6-10(7-2,8-11)9(12)13-14(3,4)5/h9,11-12H,6-8H2,1-5H3. The molecular weight excluding hydrogens is 196 g/mol. The average molecular weight is 220 g/mol. The van der Waals surface area contributed by atoms with E-state index >= 15 is 0 Å². The Kier molecular flexibility index (Phi) is 5.29. The predicted octanol–water partition coefficient (Wildman–Crippen LogP) is 1.95. The molecule has 2 N–H and O–H groups in total. The average Bonchev–Trinajstić information content (AvgIpc) is 2.05. The van der Waals surface area contributed by atoms with Crippen molar-refractivity contribution in [2.45, 2.75) is 52.6 Å². The van der Waals surface area contributed by atoms with E-state index in [0.717, 1.165) is 12.8 Å². The van der Waals surface area contributed by atoms with Crippen LogP contribution in [0.4, 0.5) is 0 Å². The van der Waals surface area contributed by atoms with Crippen molar-refractivity contribution in [3.05, 3.63) is 0 Å². The van der Waals surface area contributed by atoms with Crippen molar-refractivity contribution in [3.8, 4) is 0 Å². The van der Waals surface area contributed by atoms with E-state index in [9.17, 15) is 10.2 Å². The van der Waals surface area contributed by atoms with Gasteiger partial charge in [0.1, 0.15) is 0 Å². The molecule has 0 spiro atoms. The number of aliphatic hydroxyl groups excluding tert-OH is 2. The first kappa shape index (κ1) is 14.1. The molecule has 1 atom stereocenters. The molecule has 0 bridgehead atoms. The molecule has 14 heavy (non-hydrogen) atoms. The first-order valence-electron chi connectivity index (χ1n) is 5.28. The molecule has 86 valence electrons. The molecule has 0 saturated carbocycles. The Morgan fingerprint density at radius 3 is 1.86 bits per heavy atom. The van der Waals surface area contributed by atoms with Crippen LogP contribution in [0.5, 0.6) is 0 Å². The Hall–Kier alpha value is 0.0969. The van der Waals surface area contributed by atoms with E-state index < -0.39 is 20.0 Å². The van der Waals surface area contributed by atoms with Gasteiger partial charge in [0.05, 0.1) is 6.61 Å². The summed E-state index contributed by atoms with van der Waals surface area (Å²) in [6.45, 7) is 10.0. The molecule has 0 aromatic carbocycles. The van der Waals surface area contributed by atoms with Gasteiger partial charge in [-0.05, 0) is 32.5 Å². The second-order valence-corrected chi connectivity index (χ2v) is 9.27. The Labute approximate surface area is 88.2 Å². The van der Waals surface area contributed by atoms with Crippen LogP contribution in [0, 0.1) is 5.41 Å². The monoisotopic (exact) mass is 220 g/mol. The third-order valence-electron chi connectivity index (χ3n) is 2.71. The van der Waals surface area contributed by atoms with Gasteiger partial charge in [0, 0.05) is 5.41 Å². The fraction of sp³-hybridized carbons (Fsp3) is 1.00. The number of hydrogen-bond acceptors (Lipinski definition) is 3. The zero-order chi connectivity index (χ0) is 11.4. The predicted molar refractivity (Wildman–Crippen MR) is 60.5 cm³/mol. The van der Waals surface area contributed by atoms with Crippen molar-refractivity contribution in [2.24, 2.45) is 5.41 Å². The molecule has 0 aromatic heterocycles. The maximum Gasteiger partial charge on any atom is 0.187 e. The minimum atomic E-state index is -1.74. The summed E-state index contributed by atoms with van der Waals surface area (Å²) in [6, 6.07) is 0. The van der Waals surface area contributed by atoms with E-state index in [1.54, 1.807) is 0 Å². The zero-order valence-electron chi connectivity index (χ0n) is 10.0. The van der Waals surface area contributed by atoms with Crippen LogP contribution in [0.15, 0.2) is 0 Å². The Balaban J connectivity index is 4.52. The molecule has 3 nitrogen and oxygen atoms in total. The quantitative estimate of drug-likeness (QED) is 0.531. The minimum Gasteiger partial charge on any atom is -0.396 e. The van der Waals surface area contributed by atoms with E-state index in [1.807, 2.05) is 33.5 Å². The molecular formula is C10H24O3Si. The summed E-state index contributed by atoms with van der Waals surface area (Å²) in [5.74, 6) is 0. The van der Waals surface area contributed by atoms with Crippen molar-refractivity contribution in [2.75, 3.05) is 6.61 Å². The maximum atomic E-state index is 9.95. The zero-order valence-corrected chi connectivity index (χ0v) is 11.0. The maximum absolute atomic E-state index is 9.95. The van der Waals surface area contributed by atoms with Crippen LogP contribution in [0.25, 0.3) is 0 Å². The van der Waals surface area contributed by atoms with E-state index in [0.29, 0.717) is 0 Å². The molecule has 0 fully saturated rings. The van der Waals surface area contributed by atoms with Gasteiger partial charge >= 0.3 is 0 Å². The van der Waals surface area contributed by atoms with Gasteiger partial charge in [-0.25, -0.2) is 0 Å². The highest BCUT2D eigenvalue weighted by Gasteiger charge is 2.37. The van der Waals surface area contributed by atoms with Gasteiger partial charge in [0.15, 0.2) is 14.6 Å². The summed E-state index contributed by atoms with van der Waals surface area (Å²) >= 11 is 0. The minimum absolute atomic E-state index is 0.0222. The van der Waals surface area contributed by atoms with Crippen molar-refractivity contribution >= 4 is 8.32 Å². The molecule has 0 amide bonds. The molecule has 0 radical (unpaired) electrons. The van der Waals surface area contributed by atoms with Crippen LogP contribution >= 0.6 is 0 Å². The molecule has 0 aliphatic carbocycles. The number of hydrogen-bond donors (Lipinski definition) is 2. The van der Waals surface area contributed by atoms with Crippen LogP contribution in [0.3, 0.4) is 0 Å². The van der Waals surface area contributed by atoms with E-state index in [1.165, 1.54) is 0 Å². The third kappa shape index (κ3) is 3.69. The van der Waals surface area contributed by atoms with Gasteiger partial charge in [-0.15, -0.1) is 0 Å². The van der Waals surface area contributed by atoms with E-state index in [4.69, 9.17) is 4.43 Å². The summed E-state index contributed by atoms with van der Waals surface area (Å²) in [5, 5.41) is 19.3. The molecule has 0 aliphatic heterocycles. The van der Waals surface area contributed by atoms with Crippen LogP contribution in [-0.2, 0) is 4.43 Å². The number of rotatable bonds is 6. The summed E-state index contributed by atoms with van der Waals surface area (Å²) in [4.78, 5) is 0. The van der Waals surface area contributed by atoms with E-state index in [-0.39, 0.29) is 6.61 Å². The highest BCUT2D eigenvalue weighted by Crippen LogP contribution is 2.32. The van der Waals surface area contributed by atoms with Crippen LogP contribution in [0.1, 0.15) is 26.7 Å². The second kappa shape index (κ2) is 5.26. The van der Waals surface area contributed by atoms with Crippen LogP contribution in [-0.4, -0.2) is 31.4 Å². The topological polar surface area (TPSA) is 49.7 Å². The lowest BCUT2D eigenvalue weighted by Gasteiger charge is -2.37. The van der Waals surface area contributed by atoms with Gasteiger partial charge in [-0.2, -0.15) is 0 Å². The Bertz CT molecular complexity index is 153. The molecule has 0 aliphatic rings. The summed E-state index contributed by atoms with van der Waals surface area (Å²) in [7, 11) is -1.74. The van der Waals surface area contributed by atoms with Crippen LogP contribution < -0.4 is 0 Å². The summed E-state index contributed by atoms with van der Waals surface area (Å²) in [5.41, 5.74) is -0.486. The molecule has 1 unspecified atom stereocenters. The van der Waals surface area contributed by atoms with Gasteiger partial charge in [0.2, 0.25) is 0 Å². The second-order valence-electron chi connectivity index (χ2n) is 4.81. The van der Waals surface area contributed by atoms with Crippen LogP contribution in [0.2, 0.25) is 19.6 Å². The fourth-order valence-electron chi connectivity index (χ4n) is 1.36. The van der Waals surface area contributed by atoms with Crippen molar-refractivity contribution < 1.29 is 14.6 Å². The Morgan fingerprint density at radius 1 is 1.21 bits per heavy atom. The van der Waals surface area contributed by atoms with E-state index in [2.05, 4.69) is 0 Å². The molecule has 0 rings (SSSR count). The first-order valence-corrected chi connectivity index (χ1v) is 8.69. The SMILES string of the molecule is CCC(CC)(CO)C(O)O[Si](C)(C)C. The smallest absolute Gasteiger partial charge is 0.187 e. The fourth-order valence-corrected chi connectivity index (χ4v) is 2.28. The highest BCUT2D eigenvalue weighted by molar-refractivity contribution is 6.69. The summed E-state index contributed by atoms with van der Waals surface area (Å²) in [6.07, 6.45) is 0.617. The first-order chi connectivity index (χ1) is 6.31. The Morgan fingerprint density at radius 2 is 1.64 bits per heavy atom. The molecule has 0 heterocycles. The van der Waals surface area contributed by atoms with Crippen molar-refractivity contribution in [1.29, 1.82) is 0 Å². The van der Waals surface area contributed by atoms with Gasteiger partial charge in [-0.3, -0.25) is 0 Å². The highest BCUT2D eigenvalue weighted by atomic mass is 28.4. The lowest BCUT2D eigenvalue weighted by atomic mass is 9.83. The lowest BCUT2D eigenvalue weighted by Crippen LogP contribution is -2.45. The largest absolute Gasteiger partial charge is 0.396 e. The lowest BCUT2D eigenvalue weighted by molar-refractivity contribution is -0.142. The van der Waals surface area contributed by atoms with Crippen molar-refractivity contribution in [3.63, 3.8) is 0 Å². The van der Waals surface area contributed by atoms with Gasteiger partial charge in [-0.1, -0.05) is 13.8 Å².